The Morgan fingerprint density at radius 3 is 2.17 bits per heavy atom. The molecule has 0 N–H and O–H groups in total. The molecule has 3 rings (SSSR count). The summed E-state index contributed by atoms with van der Waals surface area (Å²) in [5, 5.41) is 0. The lowest BCUT2D eigenvalue weighted by Crippen LogP contribution is -2.36. The third-order valence-corrected chi connectivity index (χ3v) is 7.26. The normalized spacial score (nSPS) is 16.7. The molecule has 0 aliphatic carbocycles. The Labute approximate surface area is 169 Å². The summed E-state index contributed by atoms with van der Waals surface area (Å²) < 4.78 is 66.2. The fourth-order valence-electron chi connectivity index (χ4n) is 3.81. The molecule has 2 heterocycles. The van der Waals surface area contributed by atoms with E-state index in [0.717, 1.165) is 17.8 Å². The predicted molar refractivity (Wildman–Crippen MR) is 105 cm³/mol. The lowest BCUT2D eigenvalue weighted by atomic mass is 10.1. The fourth-order valence-corrected chi connectivity index (χ4v) is 5.69. The topological polar surface area (TPSA) is 53.5 Å². The van der Waals surface area contributed by atoms with Crippen LogP contribution < -0.4 is 4.90 Å². The maximum atomic E-state index is 13.3. The molecule has 0 bridgehead atoms. The number of alkyl halides is 3. The van der Waals surface area contributed by atoms with Crippen LogP contribution in [0.4, 0.5) is 19.0 Å². The van der Waals surface area contributed by atoms with Crippen molar-refractivity contribution in [1.29, 1.82) is 0 Å². The van der Waals surface area contributed by atoms with Gasteiger partial charge in [-0.1, -0.05) is 17.7 Å². The first-order chi connectivity index (χ1) is 13.5. The summed E-state index contributed by atoms with van der Waals surface area (Å²) in [7, 11) is -3.66. The fraction of sp³-hybridized carbons (Fsp3) is 0.450. The van der Waals surface area contributed by atoms with Crippen LogP contribution in [0.25, 0.3) is 0 Å². The van der Waals surface area contributed by atoms with Crippen LogP contribution in [0.15, 0.2) is 35.4 Å². The van der Waals surface area contributed by atoms with E-state index in [4.69, 9.17) is 0 Å². The number of aryl methyl sites for hydroxylation is 3. The second-order valence-corrected chi connectivity index (χ2v) is 9.25. The van der Waals surface area contributed by atoms with Crippen LogP contribution in [0, 0.1) is 20.8 Å². The highest BCUT2D eigenvalue weighted by atomic mass is 32.2. The Balaban J connectivity index is 1.79. The third kappa shape index (κ3) is 4.56. The van der Waals surface area contributed by atoms with Gasteiger partial charge in [0.15, 0.2) is 0 Å². The first-order valence-corrected chi connectivity index (χ1v) is 10.8. The molecule has 0 amide bonds. The minimum Gasteiger partial charge on any atom is -0.355 e. The van der Waals surface area contributed by atoms with E-state index in [2.05, 4.69) is 4.98 Å². The highest BCUT2D eigenvalue weighted by Gasteiger charge is 2.32. The van der Waals surface area contributed by atoms with Crippen LogP contribution in [-0.2, 0) is 16.2 Å². The molecule has 5 nitrogen and oxygen atoms in total. The molecule has 1 aromatic heterocycles. The van der Waals surface area contributed by atoms with Crippen molar-refractivity contribution in [3.05, 3.63) is 52.7 Å². The summed E-state index contributed by atoms with van der Waals surface area (Å²) in [5.74, 6) is 0.417. The summed E-state index contributed by atoms with van der Waals surface area (Å²) >= 11 is 0. The summed E-state index contributed by atoms with van der Waals surface area (Å²) in [6.45, 7) is 7.01. The molecule has 0 radical (unpaired) electrons. The molecule has 0 atom stereocenters. The predicted octanol–water partition coefficient (Wildman–Crippen LogP) is 3.93. The molecule has 1 fully saturated rings. The molecule has 29 heavy (non-hydrogen) atoms. The standard InChI is InChI=1S/C20H24F3N3O2S/c1-14-11-15(2)19(16(3)12-14)29(27,28)26-8-4-7-25(9-10-26)18-6-5-17(13-24-18)20(21,22)23/h5-6,11-13H,4,7-10H2,1-3H3. The van der Waals surface area contributed by atoms with E-state index in [1.807, 2.05) is 24.0 Å². The average Bonchev–Trinajstić information content (AvgIpc) is 2.86. The molecule has 1 aliphatic heterocycles. The van der Waals surface area contributed by atoms with Crippen molar-refractivity contribution in [2.24, 2.45) is 0 Å². The number of aromatic nitrogens is 1. The van der Waals surface area contributed by atoms with Crippen LogP contribution >= 0.6 is 0 Å². The van der Waals surface area contributed by atoms with Crippen LogP contribution in [0.1, 0.15) is 28.7 Å². The SMILES string of the molecule is Cc1cc(C)c(S(=O)(=O)N2CCCN(c3ccc(C(F)(F)F)cn3)CC2)c(C)c1. The number of rotatable bonds is 3. The number of hydrogen-bond acceptors (Lipinski definition) is 4. The largest absolute Gasteiger partial charge is 0.417 e. The highest BCUT2D eigenvalue weighted by Crippen LogP contribution is 2.30. The summed E-state index contributed by atoms with van der Waals surface area (Å²) in [6, 6.07) is 6.05. The van der Waals surface area contributed by atoms with Gasteiger partial charge in [-0.05, 0) is 50.5 Å². The zero-order valence-electron chi connectivity index (χ0n) is 16.6. The second kappa shape index (κ2) is 7.95. The molecule has 0 unspecified atom stereocenters. The van der Waals surface area contributed by atoms with E-state index < -0.39 is 21.8 Å². The van der Waals surface area contributed by atoms with Gasteiger partial charge >= 0.3 is 6.18 Å². The maximum Gasteiger partial charge on any atom is 0.417 e. The van der Waals surface area contributed by atoms with Crippen molar-refractivity contribution in [2.75, 3.05) is 31.1 Å². The van der Waals surface area contributed by atoms with Crippen molar-refractivity contribution in [2.45, 2.75) is 38.3 Å². The molecule has 0 saturated carbocycles. The van der Waals surface area contributed by atoms with Gasteiger partial charge in [0.1, 0.15) is 5.82 Å². The minimum atomic E-state index is -4.43. The van der Waals surface area contributed by atoms with Gasteiger partial charge in [0.2, 0.25) is 10.0 Å². The van der Waals surface area contributed by atoms with Gasteiger partial charge in [0, 0.05) is 32.4 Å². The zero-order valence-corrected chi connectivity index (χ0v) is 17.4. The number of sulfonamides is 1. The van der Waals surface area contributed by atoms with Crippen LogP contribution in [0.5, 0.6) is 0 Å². The van der Waals surface area contributed by atoms with E-state index in [1.54, 1.807) is 13.8 Å². The number of nitrogens with zero attached hydrogens (tertiary/aromatic N) is 3. The van der Waals surface area contributed by atoms with Crippen molar-refractivity contribution in [3.63, 3.8) is 0 Å². The van der Waals surface area contributed by atoms with Crippen molar-refractivity contribution in [3.8, 4) is 0 Å². The first kappa shape index (κ1) is 21.6. The summed E-state index contributed by atoms with van der Waals surface area (Å²) in [6.07, 6.45) is -3.06. The first-order valence-electron chi connectivity index (χ1n) is 9.36. The van der Waals surface area contributed by atoms with E-state index in [1.165, 1.54) is 10.4 Å². The molecular weight excluding hydrogens is 403 g/mol. The van der Waals surface area contributed by atoms with Gasteiger partial charge in [-0.2, -0.15) is 17.5 Å². The molecule has 158 valence electrons. The molecule has 0 spiro atoms. The van der Waals surface area contributed by atoms with Gasteiger partial charge in [-0.15, -0.1) is 0 Å². The van der Waals surface area contributed by atoms with E-state index in [0.29, 0.717) is 47.9 Å². The molecule has 1 aromatic carbocycles. The molecule has 1 aliphatic rings. The van der Waals surface area contributed by atoms with E-state index >= 15 is 0 Å². The highest BCUT2D eigenvalue weighted by molar-refractivity contribution is 7.89. The Morgan fingerprint density at radius 2 is 1.62 bits per heavy atom. The van der Waals surface area contributed by atoms with Crippen LogP contribution in [0.2, 0.25) is 0 Å². The van der Waals surface area contributed by atoms with E-state index in [9.17, 15) is 21.6 Å². The van der Waals surface area contributed by atoms with Gasteiger partial charge in [0.05, 0.1) is 10.5 Å². The Bertz CT molecular complexity index is 966. The zero-order chi connectivity index (χ0) is 21.4. The second-order valence-electron chi connectivity index (χ2n) is 7.38. The van der Waals surface area contributed by atoms with Crippen LogP contribution in [0.3, 0.4) is 0 Å². The van der Waals surface area contributed by atoms with Crippen LogP contribution in [-0.4, -0.2) is 43.9 Å². The van der Waals surface area contributed by atoms with Gasteiger partial charge in [0.25, 0.3) is 0 Å². The smallest absolute Gasteiger partial charge is 0.355 e. The number of pyridine rings is 1. The Kier molecular flexibility index (Phi) is 5.91. The molecule has 9 heteroatoms. The van der Waals surface area contributed by atoms with Crippen molar-refractivity contribution in [1.82, 2.24) is 9.29 Å². The number of hydrogen-bond donors (Lipinski definition) is 0. The Morgan fingerprint density at radius 1 is 0.966 bits per heavy atom. The van der Waals surface area contributed by atoms with Gasteiger partial charge in [-0.25, -0.2) is 13.4 Å². The monoisotopic (exact) mass is 427 g/mol. The summed E-state index contributed by atoms with van der Waals surface area (Å²) in [5.41, 5.74) is 1.64. The van der Waals surface area contributed by atoms with Gasteiger partial charge < -0.3 is 4.90 Å². The molecule has 1 saturated heterocycles. The number of anilines is 1. The molecule has 2 aromatic rings. The number of benzene rings is 1. The Hall–Kier alpha value is -2.13. The van der Waals surface area contributed by atoms with Crippen molar-refractivity contribution >= 4 is 15.8 Å². The van der Waals surface area contributed by atoms with Gasteiger partial charge in [-0.3, -0.25) is 0 Å². The minimum absolute atomic E-state index is 0.248. The number of halogens is 3. The quantitative estimate of drug-likeness (QED) is 0.745. The maximum absolute atomic E-state index is 13.3. The van der Waals surface area contributed by atoms with Crippen molar-refractivity contribution < 1.29 is 21.6 Å². The molecular formula is C20H24F3N3O2S. The lowest BCUT2D eigenvalue weighted by molar-refractivity contribution is -0.137. The average molecular weight is 427 g/mol. The lowest BCUT2D eigenvalue weighted by Gasteiger charge is -2.24. The third-order valence-electron chi connectivity index (χ3n) is 5.06. The summed E-state index contributed by atoms with van der Waals surface area (Å²) in [4.78, 5) is 6.09. The van der Waals surface area contributed by atoms with E-state index in [-0.39, 0.29) is 6.54 Å².